The van der Waals surface area contributed by atoms with Gasteiger partial charge in [-0.05, 0) is 54.4 Å². The lowest BCUT2D eigenvalue weighted by atomic mass is 10.2. The molecule has 0 saturated heterocycles. The van der Waals surface area contributed by atoms with Crippen LogP contribution in [0.5, 0.6) is 0 Å². The van der Waals surface area contributed by atoms with E-state index in [9.17, 15) is 13.2 Å². The Morgan fingerprint density at radius 3 is 2.59 bits per heavy atom. The molecule has 29 heavy (non-hydrogen) atoms. The van der Waals surface area contributed by atoms with Crippen LogP contribution in [0.2, 0.25) is 5.02 Å². The lowest BCUT2D eigenvalue weighted by Crippen LogP contribution is -2.28. The Bertz CT molecular complexity index is 1200. The Morgan fingerprint density at radius 1 is 1.10 bits per heavy atom. The molecule has 8 heteroatoms. The fourth-order valence-corrected chi connectivity index (χ4v) is 4.53. The third-order valence-electron chi connectivity index (χ3n) is 4.93. The number of hydrogen-bond acceptors (Lipinski definition) is 4. The SMILES string of the molecule is CN(C)S(=O)(=O)c1ccc2c(c1)CCN2C(=O)c1ccc(-c2ccccc2Cl)o1. The summed E-state index contributed by atoms with van der Waals surface area (Å²) in [5.41, 5.74) is 2.23. The standard InChI is InChI=1S/C21H19ClN2O4S/c1-23(2)29(26,27)15-7-8-18-14(13-15)11-12-24(18)21(25)20-10-9-19(28-20)16-5-3-4-6-17(16)22/h3-10,13H,11-12H2,1-2H3. The van der Waals surface area contributed by atoms with Crippen molar-refractivity contribution in [2.75, 3.05) is 25.5 Å². The number of carbonyl (C=O) groups is 1. The van der Waals surface area contributed by atoms with Gasteiger partial charge in [-0.15, -0.1) is 0 Å². The molecule has 1 aliphatic heterocycles. The lowest BCUT2D eigenvalue weighted by Gasteiger charge is -2.17. The molecule has 0 spiro atoms. The number of anilines is 1. The normalized spacial score (nSPS) is 13.7. The number of benzene rings is 2. The number of hydrogen-bond donors (Lipinski definition) is 0. The Morgan fingerprint density at radius 2 is 1.86 bits per heavy atom. The molecule has 0 bridgehead atoms. The summed E-state index contributed by atoms with van der Waals surface area (Å²) in [6.45, 7) is 0.460. The number of sulfonamides is 1. The average Bonchev–Trinajstić information content (AvgIpc) is 3.34. The first kappa shape index (κ1) is 19.7. The van der Waals surface area contributed by atoms with E-state index < -0.39 is 10.0 Å². The van der Waals surface area contributed by atoms with E-state index in [0.717, 1.165) is 5.56 Å². The van der Waals surface area contributed by atoms with Crippen LogP contribution < -0.4 is 4.90 Å². The molecular formula is C21H19ClN2O4S. The van der Waals surface area contributed by atoms with Crippen LogP contribution >= 0.6 is 11.6 Å². The summed E-state index contributed by atoms with van der Waals surface area (Å²) in [7, 11) is -0.537. The van der Waals surface area contributed by atoms with Gasteiger partial charge in [0.2, 0.25) is 10.0 Å². The van der Waals surface area contributed by atoms with E-state index in [-0.39, 0.29) is 16.6 Å². The first-order chi connectivity index (χ1) is 13.8. The molecule has 0 saturated carbocycles. The van der Waals surface area contributed by atoms with Gasteiger partial charge in [0.25, 0.3) is 5.91 Å². The van der Waals surface area contributed by atoms with Crippen molar-refractivity contribution >= 4 is 33.2 Å². The smallest absolute Gasteiger partial charge is 0.294 e. The molecule has 0 fully saturated rings. The largest absolute Gasteiger partial charge is 0.451 e. The van der Waals surface area contributed by atoms with Gasteiger partial charge in [0.05, 0.1) is 9.92 Å². The van der Waals surface area contributed by atoms with Crippen LogP contribution in [0.3, 0.4) is 0 Å². The second-order valence-corrected chi connectivity index (χ2v) is 9.49. The third kappa shape index (κ3) is 3.46. The summed E-state index contributed by atoms with van der Waals surface area (Å²) in [6.07, 6.45) is 0.579. The van der Waals surface area contributed by atoms with Gasteiger partial charge in [0.15, 0.2) is 5.76 Å². The van der Waals surface area contributed by atoms with Gasteiger partial charge >= 0.3 is 0 Å². The maximum atomic E-state index is 13.0. The molecule has 0 aliphatic carbocycles. The van der Waals surface area contributed by atoms with Gasteiger partial charge in [-0.2, -0.15) is 0 Å². The molecule has 2 aromatic carbocycles. The summed E-state index contributed by atoms with van der Waals surface area (Å²) >= 11 is 6.21. The number of amides is 1. The summed E-state index contributed by atoms with van der Waals surface area (Å²) < 4.78 is 31.6. The Balaban J connectivity index is 1.62. The molecule has 2 heterocycles. The predicted molar refractivity (Wildman–Crippen MR) is 112 cm³/mol. The lowest BCUT2D eigenvalue weighted by molar-refractivity contribution is 0.0963. The van der Waals surface area contributed by atoms with Gasteiger partial charge < -0.3 is 9.32 Å². The topological polar surface area (TPSA) is 70.8 Å². The summed E-state index contributed by atoms with van der Waals surface area (Å²) in [6, 6.07) is 15.4. The Kier molecular flexibility index (Phi) is 4.98. The fourth-order valence-electron chi connectivity index (χ4n) is 3.35. The van der Waals surface area contributed by atoms with E-state index in [1.54, 1.807) is 35.2 Å². The number of furan rings is 1. The molecule has 0 unspecified atom stereocenters. The molecule has 150 valence electrons. The average molecular weight is 431 g/mol. The second kappa shape index (κ2) is 7.33. The monoisotopic (exact) mass is 430 g/mol. The van der Waals surface area contributed by atoms with Crippen LogP contribution in [0.25, 0.3) is 11.3 Å². The number of halogens is 1. The fraction of sp³-hybridized carbons (Fsp3) is 0.190. The molecular weight excluding hydrogens is 412 g/mol. The van der Waals surface area contributed by atoms with E-state index in [2.05, 4.69) is 0 Å². The third-order valence-corrected chi connectivity index (χ3v) is 7.07. The number of carbonyl (C=O) groups excluding carboxylic acids is 1. The highest BCUT2D eigenvalue weighted by molar-refractivity contribution is 7.89. The van der Waals surface area contributed by atoms with Crippen LogP contribution in [0.15, 0.2) is 63.9 Å². The zero-order valence-corrected chi connectivity index (χ0v) is 17.5. The van der Waals surface area contributed by atoms with Crippen molar-refractivity contribution in [2.45, 2.75) is 11.3 Å². The zero-order valence-electron chi connectivity index (χ0n) is 15.9. The highest BCUT2D eigenvalue weighted by Crippen LogP contribution is 2.34. The maximum Gasteiger partial charge on any atom is 0.294 e. The highest BCUT2D eigenvalue weighted by atomic mass is 35.5. The van der Waals surface area contributed by atoms with Crippen LogP contribution in [0.1, 0.15) is 16.1 Å². The summed E-state index contributed by atoms with van der Waals surface area (Å²) in [4.78, 5) is 14.8. The van der Waals surface area contributed by atoms with Crippen molar-refractivity contribution in [2.24, 2.45) is 0 Å². The minimum absolute atomic E-state index is 0.206. The van der Waals surface area contributed by atoms with Gasteiger partial charge in [-0.1, -0.05) is 23.7 Å². The van der Waals surface area contributed by atoms with Crippen molar-refractivity contribution in [3.8, 4) is 11.3 Å². The van der Waals surface area contributed by atoms with Crippen LogP contribution in [-0.4, -0.2) is 39.3 Å². The summed E-state index contributed by atoms with van der Waals surface area (Å²) in [5.74, 6) is 0.453. The van der Waals surface area contributed by atoms with Gasteiger partial charge in [-0.25, -0.2) is 12.7 Å². The quantitative estimate of drug-likeness (QED) is 0.626. The minimum Gasteiger partial charge on any atom is -0.451 e. The Hall–Kier alpha value is -2.61. The highest BCUT2D eigenvalue weighted by Gasteiger charge is 2.29. The predicted octanol–water partition coefficient (Wildman–Crippen LogP) is 4.05. The molecule has 1 aromatic heterocycles. The van der Waals surface area contributed by atoms with Gasteiger partial charge in [0, 0.05) is 31.9 Å². The van der Waals surface area contributed by atoms with Crippen molar-refractivity contribution < 1.29 is 17.6 Å². The molecule has 0 N–H and O–H groups in total. The van der Waals surface area contributed by atoms with E-state index in [1.165, 1.54) is 24.5 Å². The number of rotatable bonds is 4. The minimum atomic E-state index is -3.52. The summed E-state index contributed by atoms with van der Waals surface area (Å²) in [5, 5.41) is 0.544. The van der Waals surface area contributed by atoms with Gasteiger partial charge in [0.1, 0.15) is 5.76 Å². The van der Waals surface area contributed by atoms with E-state index in [0.29, 0.717) is 35.0 Å². The molecule has 6 nitrogen and oxygen atoms in total. The first-order valence-electron chi connectivity index (χ1n) is 9.01. The van der Waals surface area contributed by atoms with E-state index >= 15 is 0 Å². The second-order valence-electron chi connectivity index (χ2n) is 6.93. The molecule has 3 aromatic rings. The maximum absolute atomic E-state index is 13.0. The van der Waals surface area contributed by atoms with Crippen molar-refractivity contribution in [1.82, 2.24) is 4.31 Å². The first-order valence-corrected chi connectivity index (χ1v) is 10.8. The van der Waals surface area contributed by atoms with Gasteiger partial charge in [-0.3, -0.25) is 4.79 Å². The zero-order chi connectivity index (χ0) is 20.8. The molecule has 0 radical (unpaired) electrons. The number of fused-ring (bicyclic) bond motifs is 1. The molecule has 0 atom stereocenters. The van der Waals surface area contributed by atoms with Crippen molar-refractivity contribution in [3.63, 3.8) is 0 Å². The number of nitrogens with zero attached hydrogens (tertiary/aromatic N) is 2. The van der Waals surface area contributed by atoms with Crippen molar-refractivity contribution in [1.29, 1.82) is 0 Å². The van der Waals surface area contributed by atoms with Crippen LogP contribution in [0, 0.1) is 0 Å². The van der Waals surface area contributed by atoms with E-state index in [4.69, 9.17) is 16.0 Å². The van der Waals surface area contributed by atoms with Crippen LogP contribution in [0.4, 0.5) is 5.69 Å². The molecule has 1 amide bonds. The Labute approximate surface area is 174 Å². The van der Waals surface area contributed by atoms with Crippen molar-refractivity contribution in [3.05, 3.63) is 70.9 Å². The molecule has 4 rings (SSSR count). The molecule has 1 aliphatic rings. The van der Waals surface area contributed by atoms with E-state index in [1.807, 2.05) is 18.2 Å². The van der Waals surface area contributed by atoms with Crippen LogP contribution in [-0.2, 0) is 16.4 Å².